The van der Waals surface area contributed by atoms with Crippen molar-refractivity contribution in [1.82, 2.24) is 0 Å². The largest absolute Gasteiger partial charge is 0.493 e. The van der Waals surface area contributed by atoms with Gasteiger partial charge < -0.3 is 15.2 Å². The highest BCUT2D eigenvalue weighted by Gasteiger charge is 2.14. The highest BCUT2D eigenvalue weighted by atomic mass is 16.5. The molecule has 0 aliphatic heterocycles. The predicted octanol–water partition coefficient (Wildman–Crippen LogP) is 3.95. The molecule has 0 saturated carbocycles. The first kappa shape index (κ1) is 19.7. The highest BCUT2D eigenvalue weighted by Crippen LogP contribution is 2.23. The maximum absolute atomic E-state index is 12.5. The number of carbonyl (C=O) groups excluding carboxylic acids is 1. The van der Waals surface area contributed by atoms with Gasteiger partial charge in [-0.05, 0) is 61.7 Å². The van der Waals surface area contributed by atoms with Crippen LogP contribution in [0.15, 0.2) is 42.0 Å². The van der Waals surface area contributed by atoms with Gasteiger partial charge in [-0.25, -0.2) is 4.79 Å². The monoisotopic (exact) mass is 364 g/mol. The van der Waals surface area contributed by atoms with Gasteiger partial charge >= 0.3 is 5.97 Å². The molecule has 27 heavy (non-hydrogen) atoms. The van der Waals surface area contributed by atoms with E-state index in [1.54, 1.807) is 19.1 Å². The molecule has 6 heteroatoms. The van der Waals surface area contributed by atoms with Crippen molar-refractivity contribution < 1.29 is 19.4 Å². The number of benzene rings is 2. The summed E-state index contributed by atoms with van der Waals surface area (Å²) < 4.78 is 5.29. The van der Waals surface area contributed by atoms with E-state index in [-0.39, 0.29) is 16.9 Å². The summed E-state index contributed by atoms with van der Waals surface area (Å²) in [6, 6.07) is 11.8. The molecule has 1 amide bonds. The number of amides is 1. The molecule has 0 radical (unpaired) electrons. The number of aryl methyl sites for hydroxylation is 1. The molecule has 2 aromatic rings. The summed E-state index contributed by atoms with van der Waals surface area (Å²) in [6.45, 7) is 5.90. The molecule has 2 aromatic carbocycles. The molecule has 138 valence electrons. The molecule has 0 spiro atoms. The fourth-order valence-electron chi connectivity index (χ4n) is 2.48. The Kier molecular flexibility index (Phi) is 6.34. The van der Waals surface area contributed by atoms with Crippen molar-refractivity contribution in [3.05, 3.63) is 64.2 Å². The Morgan fingerprint density at radius 2 is 2.00 bits per heavy atom. The molecule has 0 saturated heterocycles. The number of aromatic carboxylic acids is 1. The summed E-state index contributed by atoms with van der Waals surface area (Å²) >= 11 is 0. The fraction of sp³-hybridized carbons (Fsp3) is 0.190. The van der Waals surface area contributed by atoms with Crippen molar-refractivity contribution in [3.63, 3.8) is 0 Å². The summed E-state index contributed by atoms with van der Waals surface area (Å²) in [7, 11) is 0. The van der Waals surface area contributed by atoms with Crippen LogP contribution in [0.2, 0.25) is 0 Å². The van der Waals surface area contributed by atoms with Crippen molar-refractivity contribution >= 4 is 23.6 Å². The molecule has 0 unspecified atom stereocenters. The van der Waals surface area contributed by atoms with Gasteiger partial charge in [0.25, 0.3) is 5.91 Å². The van der Waals surface area contributed by atoms with Crippen LogP contribution in [0.25, 0.3) is 6.08 Å². The number of nitrogens with one attached hydrogen (secondary N) is 1. The van der Waals surface area contributed by atoms with Gasteiger partial charge in [0, 0.05) is 5.69 Å². The van der Waals surface area contributed by atoms with Crippen molar-refractivity contribution in [3.8, 4) is 11.8 Å². The average Bonchev–Trinajstić information content (AvgIpc) is 2.64. The third kappa shape index (κ3) is 4.73. The first-order chi connectivity index (χ1) is 12.9. The van der Waals surface area contributed by atoms with Crippen LogP contribution in [-0.2, 0) is 4.79 Å². The molecular weight excluding hydrogens is 344 g/mol. The van der Waals surface area contributed by atoms with Crippen molar-refractivity contribution in [2.45, 2.75) is 20.8 Å². The van der Waals surface area contributed by atoms with Gasteiger partial charge in [-0.1, -0.05) is 18.2 Å². The minimum Gasteiger partial charge on any atom is -0.493 e. The van der Waals surface area contributed by atoms with Crippen LogP contribution in [0, 0.1) is 25.2 Å². The first-order valence-corrected chi connectivity index (χ1v) is 8.36. The van der Waals surface area contributed by atoms with Crippen molar-refractivity contribution in [1.29, 1.82) is 5.26 Å². The fourth-order valence-corrected chi connectivity index (χ4v) is 2.48. The van der Waals surface area contributed by atoms with Crippen LogP contribution in [-0.4, -0.2) is 23.6 Å². The molecule has 0 aliphatic rings. The zero-order valence-corrected chi connectivity index (χ0v) is 15.4. The number of hydrogen-bond acceptors (Lipinski definition) is 4. The topological polar surface area (TPSA) is 99.4 Å². The molecule has 0 aromatic heterocycles. The summed E-state index contributed by atoms with van der Waals surface area (Å²) in [5.74, 6) is -1.47. The molecule has 2 N–H and O–H groups in total. The number of carboxylic acids is 1. The lowest BCUT2D eigenvalue weighted by Crippen LogP contribution is -2.14. The predicted molar refractivity (Wildman–Crippen MR) is 103 cm³/mol. The SMILES string of the molecule is CCOc1ccc(/C=C(\C#N)C(=O)Nc2cccc(C)c2C)cc1C(=O)O. The molecule has 0 heterocycles. The Balaban J connectivity index is 2.33. The van der Waals surface area contributed by atoms with Crippen LogP contribution in [0.1, 0.15) is 34.0 Å². The molecule has 0 fully saturated rings. The van der Waals surface area contributed by atoms with Gasteiger partial charge in [-0.2, -0.15) is 5.26 Å². The minimum atomic E-state index is -1.15. The lowest BCUT2D eigenvalue weighted by Gasteiger charge is -2.10. The maximum atomic E-state index is 12.5. The molecule has 0 bridgehead atoms. The van der Waals surface area contributed by atoms with Gasteiger partial charge in [0.05, 0.1) is 6.61 Å². The van der Waals surface area contributed by atoms with Gasteiger partial charge in [0.2, 0.25) is 0 Å². The summed E-state index contributed by atoms with van der Waals surface area (Å²) in [5.41, 5.74) is 2.82. The Morgan fingerprint density at radius 3 is 2.63 bits per heavy atom. The lowest BCUT2D eigenvalue weighted by molar-refractivity contribution is -0.112. The Morgan fingerprint density at radius 1 is 1.26 bits per heavy atom. The van der Waals surface area contributed by atoms with E-state index in [1.165, 1.54) is 18.2 Å². The van der Waals surface area contributed by atoms with E-state index in [4.69, 9.17) is 4.74 Å². The maximum Gasteiger partial charge on any atom is 0.339 e. The summed E-state index contributed by atoms with van der Waals surface area (Å²) in [5, 5.41) is 21.4. The number of hydrogen-bond donors (Lipinski definition) is 2. The molecule has 2 rings (SSSR count). The Labute approximate surface area is 157 Å². The second-order valence-corrected chi connectivity index (χ2v) is 5.87. The van der Waals surface area contributed by atoms with Crippen LogP contribution < -0.4 is 10.1 Å². The van der Waals surface area contributed by atoms with Crippen molar-refractivity contribution in [2.24, 2.45) is 0 Å². The zero-order valence-electron chi connectivity index (χ0n) is 15.4. The number of nitriles is 1. The van der Waals surface area contributed by atoms with E-state index in [2.05, 4.69) is 5.32 Å². The van der Waals surface area contributed by atoms with E-state index in [1.807, 2.05) is 32.0 Å². The minimum absolute atomic E-state index is 0.0298. The molecular formula is C21H20N2O4. The average molecular weight is 364 g/mol. The molecule has 0 atom stereocenters. The van der Waals surface area contributed by atoms with E-state index in [0.29, 0.717) is 17.9 Å². The zero-order chi connectivity index (χ0) is 20.0. The number of carboxylic acid groups (broad SMARTS) is 1. The number of anilines is 1. The third-order valence-corrected chi connectivity index (χ3v) is 4.06. The second kappa shape index (κ2) is 8.68. The van der Waals surface area contributed by atoms with Crippen LogP contribution in [0.3, 0.4) is 0 Å². The Bertz CT molecular complexity index is 955. The van der Waals surface area contributed by atoms with E-state index in [0.717, 1.165) is 11.1 Å². The van der Waals surface area contributed by atoms with E-state index in [9.17, 15) is 20.0 Å². The standard InChI is InChI=1S/C21H20N2O4/c1-4-27-19-9-8-15(11-17(19)21(25)26)10-16(12-22)20(24)23-18-7-5-6-13(2)14(18)3/h5-11H,4H2,1-3H3,(H,23,24)(H,25,26)/b16-10+. The van der Waals surface area contributed by atoms with E-state index >= 15 is 0 Å². The first-order valence-electron chi connectivity index (χ1n) is 8.36. The lowest BCUT2D eigenvalue weighted by atomic mass is 10.1. The van der Waals surface area contributed by atoms with Crippen LogP contribution >= 0.6 is 0 Å². The Hall–Kier alpha value is -3.59. The van der Waals surface area contributed by atoms with Gasteiger partial charge in [0.1, 0.15) is 23.0 Å². The second-order valence-electron chi connectivity index (χ2n) is 5.87. The van der Waals surface area contributed by atoms with Crippen molar-refractivity contribution in [2.75, 3.05) is 11.9 Å². The number of nitrogens with zero attached hydrogens (tertiary/aromatic N) is 1. The quantitative estimate of drug-likeness (QED) is 0.597. The summed E-state index contributed by atoms with van der Waals surface area (Å²) in [6.07, 6.45) is 1.35. The molecule has 6 nitrogen and oxygen atoms in total. The van der Waals surface area contributed by atoms with Gasteiger partial charge in [-0.3, -0.25) is 4.79 Å². The molecule has 0 aliphatic carbocycles. The van der Waals surface area contributed by atoms with E-state index < -0.39 is 11.9 Å². The number of rotatable bonds is 6. The van der Waals surface area contributed by atoms with Gasteiger partial charge in [0.15, 0.2) is 0 Å². The number of ether oxygens (including phenoxy) is 1. The smallest absolute Gasteiger partial charge is 0.339 e. The normalized spacial score (nSPS) is 10.8. The summed E-state index contributed by atoms with van der Waals surface area (Å²) in [4.78, 5) is 23.9. The van der Waals surface area contributed by atoms with Crippen LogP contribution in [0.5, 0.6) is 5.75 Å². The number of carbonyl (C=O) groups is 2. The third-order valence-electron chi connectivity index (χ3n) is 4.06. The highest BCUT2D eigenvalue weighted by molar-refractivity contribution is 6.10. The van der Waals surface area contributed by atoms with Gasteiger partial charge in [-0.15, -0.1) is 0 Å². The van der Waals surface area contributed by atoms with Crippen LogP contribution in [0.4, 0.5) is 5.69 Å².